The number of para-hydroxylation sites is 1. The fraction of sp³-hybridized carbons (Fsp3) is 0.200. The first-order valence-corrected chi connectivity index (χ1v) is 7.76. The highest BCUT2D eigenvalue weighted by Crippen LogP contribution is 2.40. The summed E-state index contributed by atoms with van der Waals surface area (Å²) in [5, 5.41) is 1.23. The van der Waals surface area contributed by atoms with Gasteiger partial charge in [0.15, 0.2) is 0 Å². The zero-order chi connectivity index (χ0) is 14.9. The lowest BCUT2D eigenvalue weighted by molar-refractivity contribution is 0.112. The van der Waals surface area contributed by atoms with Crippen LogP contribution in [0.3, 0.4) is 0 Å². The molecule has 1 fully saturated rings. The number of aromatic nitrogens is 1. The number of hydrogen-bond donors (Lipinski definition) is 0. The third-order valence-corrected chi connectivity index (χ3v) is 4.33. The van der Waals surface area contributed by atoms with E-state index in [1.807, 2.05) is 24.3 Å². The largest absolute Gasteiger partial charge is 0.298 e. The van der Waals surface area contributed by atoms with Gasteiger partial charge in [0.05, 0.1) is 5.52 Å². The van der Waals surface area contributed by atoms with Crippen molar-refractivity contribution in [3.8, 4) is 0 Å². The number of aldehydes is 1. The molecule has 108 valence electrons. The van der Waals surface area contributed by atoms with Crippen molar-refractivity contribution >= 4 is 17.2 Å². The third kappa shape index (κ3) is 2.52. The molecular weight excluding hydrogens is 270 g/mol. The monoisotopic (exact) mass is 287 g/mol. The Hall–Kier alpha value is -2.48. The van der Waals surface area contributed by atoms with Gasteiger partial charge in [-0.1, -0.05) is 42.5 Å². The highest BCUT2D eigenvalue weighted by atomic mass is 16.1. The molecule has 0 spiro atoms. The Labute approximate surface area is 129 Å². The predicted octanol–water partition coefficient (Wildman–Crippen LogP) is 4.52. The van der Waals surface area contributed by atoms with Gasteiger partial charge in [-0.25, -0.2) is 0 Å². The number of carbonyl (C=O) groups is 1. The van der Waals surface area contributed by atoms with Crippen LogP contribution in [0.1, 0.15) is 45.9 Å². The minimum absolute atomic E-state index is 0.654. The normalized spacial score (nSPS) is 14.2. The molecule has 0 aliphatic heterocycles. The molecule has 0 unspecified atom stereocenters. The summed E-state index contributed by atoms with van der Waals surface area (Å²) in [6, 6.07) is 18.5. The number of hydrogen-bond acceptors (Lipinski definition) is 2. The lowest BCUT2D eigenvalue weighted by atomic mass is 9.98. The van der Waals surface area contributed by atoms with Gasteiger partial charge in [0.25, 0.3) is 0 Å². The van der Waals surface area contributed by atoms with Gasteiger partial charge in [0.1, 0.15) is 6.29 Å². The molecule has 0 atom stereocenters. The van der Waals surface area contributed by atoms with Crippen molar-refractivity contribution in [2.75, 3.05) is 0 Å². The molecule has 1 aliphatic rings. The smallest absolute Gasteiger partial charge is 0.150 e. The summed E-state index contributed by atoms with van der Waals surface area (Å²) in [7, 11) is 0. The van der Waals surface area contributed by atoms with Gasteiger partial charge in [-0.3, -0.25) is 9.78 Å². The van der Waals surface area contributed by atoms with Crippen molar-refractivity contribution < 1.29 is 4.79 Å². The summed E-state index contributed by atoms with van der Waals surface area (Å²) in [6.07, 6.45) is 4.29. The summed E-state index contributed by atoms with van der Waals surface area (Å²) in [6.45, 7) is 0. The van der Waals surface area contributed by atoms with E-state index in [0.29, 0.717) is 5.92 Å². The number of rotatable bonds is 4. The van der Waals surface area contributed by atoms with Crippen molar-refractivity contribution in [1.82, 2.24) is 4.98 Å². The number of nitrogens with zero attached hydrogens (tertiary/aromatic N) is 1. The summed E-state index contributed by atoms with van der Waals surface area (Å²) >= 11 is 0. The minimum atomic E-state index is 0.654. The molecule has 3 aromatic rings. The SMILES string of the molecule is O=Cc1ccc(Cc2cc(C3CC3)nc3ccccc23)cc1. The van der Waals surface area contributed by atoms with E-state index >= 15 is 0 Å². The van der Waals surface area contributed by atoms with E-state index in [1.165, 1.54) is 35.0 Å². The van der Waals surface area contributed by atoms with Crippen molar-refractivity contribution in [3.05, 3.63) is 77.0 Å². The van der Waals surface area contributed by atoms with Gasteiger partial charge in [-0.2, -0.15) is 0 Å². The van der Waals surface area contributed by atoms with E-state index in [1.54, 1.807) is 0 Å². The fourth-order valence-electron chi connectivity index (χ4n) is 2.94. The minimum Gasteiger partial charge on any atom is -0.298 e. The van der Waals surface area contributed by atoms with Crippen LogP contribution in [0, 0.1) is 0 Å². The number of carbonyl (C=O) groups excluding carboxylic acids is 1. The predicted molar refractivity (Wildman–Crippen MR) is 88.4 cm³/mol. The Morgan fingerprint density at radius 2 is 1.82 bits per heavy atom. The van der Waals surface area contributed by atoms with E-state index in [2.05, 4.69) is 30.3 Å². The fourth-order valence-corrected chi connectivity index (χ4v) is 2.94. The van der Waals surface area contributed by atoms with Gasteiger partial charge in [0.2, 0.25) is 0 Å². The standard InChI is InChI=1S/C20H17NO/c22-13-15-7-5-14(6-8-15)11-17-12-20(16-9-10-16)21-19-4-2-1-3-18(17)19/h1-8,12-13,16H,9-11H2. The van der Waals surface area contributed by atoms with Crippen molar-refractivity contribution in [2.45, 2.75) is 25.2 Å². The maximum absolute atomic E-state index is 10.8. The first kappa shape index (κ1) is 13.2. The third-order valence-electron chi connectivity index (χ3n) is 4.33. The second-order valence-corrected chi connectivity index (χ2v) is 6.03. The Balaban J connectivity index is 1.76. The molecule has 0 saturated heterocycles. The summed E-state index contributed by atoms with van der Waals surface area (Å²) in [5.41, 5.74) is 5.60. The van der Waals surface area contributed by atoms with Gasteiger partial charge >= 0.3 is 0 Å². The highest BCUT2D eigenvalue weighted by Gasteiger charge is 2.25. The van der Waals surface area contributed by atoms with Crippen LogP contribution >= 0.6 is 0 Å². The van der Waals surface area contributed by atoms with E-state index < -0.39 is 0 Å². The molecule has 4 rings (SSSR count). The average Bonchev–Trinajstić information content (AvgIpc) is 3.40. The lowest BCUT2D eigenvalue weighted by Gasteiger charge is -2.10. The van der Waals surface area contributed by atoms with Crippen LogP contribution in [0.25, 0.3) is 10.9 Å². The molecule has 1 aromatic heterocycles. The first-order valence-electron chi connectivity index (χ1n) is 7.76. The Kier molecular flexibility index (Phi) is 3.23. The van der Waals surface area contributed by atoms with Crippen molar-refractivity contribution in [3.63, 3.8) is 0 Å². The van der Waals surface area contributed by atoms with Gasteiger partial charge in [-0.05, 0) is 42.5 Å². The lowest BCUT2D eigenvalue weighted by Crippen LogP contribution is -1.96. The zero-order valence-corrected chi connectivity index (χ0v) is 12.3. The van der Waals surface area contributed by atoms with Gasteiger partial charge < -0.3 is 0 Å². The van der Waals surface area contributed by atoms with Crippen molar-refractivity contribution in [2.24, 2.45) is 0 Å². The van der Waals surface area contributed by atoms with Crippen molar-refractivity contribution in [1.29, 1.82) is 0 Å². The molecule has 2 nitrogen and oxygen atoms in total. The maximum atomic E-state index is 10.8. The van der Waals surface area contributed by atoms with Crippen LogP contribution in [-0.2, 0) is 6.42 Å². The van der Waals surface area contributed by atoms with Crippen LogP contribution < -0.4 is 0 Å². The van der Waals surface area contributed by atoms with Gasteiger partial charge in [-0.15, -0.1) is 0 Å². The van der Waals surface area contributed by atoms with E-state index in [9.17, 15) is 4.79 Å². The first-order chi connectivity index (χ1) is 10.8. The Bertz CT molecular complexity index is 832. The number of benzene rings is 2. The number of pyridine rings is 1. The van der Waals surface area contributed by atoms with Crippen LogP contribution in [0.15, 0.2) is 54.6 Å². The molecule has 1 aliphatic carbocycles. The quantitative estimate of drug-likeness (QED) is 0.661. The van der Waals surface area contributed by atoms with E-state index in [-0.39, 0.29) is 0 Å². The molecule has 0 amide bonds. The van der Waals surface area contributed by atoms with Crippen LogP contribution in [0.5, 0.6) is 0 Å². The Morgan fingerprint density at radius 1 is 1.05 bits per heavy atom. The molecular formula is C20H17NO. The zero-order valence-electron chi connectivity index (χ0n) is 12.3. The summed E-state index contributed by atoms with van der Waals surface area (Å²) < 4.78 is 0. The summed E-state index contributed by atoms with van der Waals surface area (Å²) in [4.78, 5) is 15.6. The second kappa shape index (κ2) is 5.38. The highest BCUT2D eigenvalue weighted by molar-refractivity contribution is 5.83. The molecule has 0 radical (unpaired) electrons. The number of fused-ring (bicyclic) bond motifs is 1. The molecule has 22 heavy (non-hydrogen) atoms. The summed E-state index contributed by atoms with van der Waals surface area (Å²) in [5.74, 6) is 0.654. The molecule has 2 heteroatoms. The van der Waals surface area contributed by atoms with Crippen LogP contribution in [0.2, 0.25) is 0 Å². The molecule has 2 aromatic carbocycles. The molecule has 1 heterocycles. The molecule has 0 N–H and O–H groups in total. The van der Waals surface area contributed by atoms with Crippen LogP contribution in [-0.4, -0.2) is 11.3 Å². The second-order valence-electron chi connectivity index (χ2n) is 6.03. The van der Waals surface area contributed by atoms with E-state index in [4.69, 9.17) is 4.98 Å². The molecule has 1 saturated carbocycles. The Morgan fingerprint density at radius 3 is 2.55 bits per heavy atom. The topological polar surface area (TPSA) is 30.0 Å². The maximum Gasteiger partial charge on any atom is 0.150 e. The average molecular weight is 287 g/mol. The van der Waals surface area contributed by atoms with Gasteiger partial charge in [0, 0.05) is 22.6 Å². The van der Waals surface area contributed by atoms with E-state index in [0.717, 1.165) is 23.8 Å². The van der Waals surface area contributed by atoms with Crippen LogP contribution in [0.4, 0.5) is 0 Å². The molecule has 0 bridgehead atoms.